The van der Waals surface area contributed by atoms with Crippen molar-refractivity contribution in [2.24, 2.45) is 0 Å². The number of aromatic hydroxyl groups is 2. The summed E-state index contributed by atoms with van der Waals surface area (Å²) in [5.74, 6) is -0.109. The third-order valence-electron chi connectivity index (χ3n) is 3.22. The maximum Gasteiger partial charge on any atom is 0.137 e. The molecule has 0 radical (unpaired) electrons. The van der Waals surface area contributed by atoms with Crippen LogP contribution in [0.2, 0.25) is 0 Å². The first-order valence-electron chi connectivity index (χ1n) is 6.08. The van der Waals surface area contributed by atoms with E-state index >= 15 is 0 Å². The zero-order chi connectivity index (χ0) is 13.0. The first-order valence-corrected chi connectivity index (χ1v) is 6.08. The topological polar surface area (TPSA) is 79.5 Å². The lowest BCUT2D eigenvalue weighted by Crippen LogP contribution is -2.44. The molecule has 1 aliphatic heterocycles. The molecule has 3 N–H and O–H groups in total. The van der Waals surface area contributed by atoms with Crippen LogP contribution in [0.5, 0.6) is 11.5 Å². The minimum Gasteiger partial charge on any atom is -0.508 e. The molecule has 0 saturated carbocycles. The van der Waals surface area contributed by atoms with Gasteiger partial charge in [0.15, 0.2) is 0 Å². The fraction of sp³-hybridized carbons (Fsp3) is 0.462. The molecule has 0 unspecified atom stereocenters. The van der Waals surface area contributed by atoms with Gasteiger partial charge in [-0.2, -0.15) is 5.26 Å². The number of piperazine rings is 1. The van der Waals surface area contributed by atoms with Gasteiger partial charge in [-0.25, -0.2) is 0 Å². The molecule has 1 fully saturated rings. The van der Waals surface area contributed by atoms with E-state index in [2.05, 4.69) is 10.2 Å². The molecule has 5 nitrogen and oxygen atoms in total. The van der Waals surface area contributed by atoms with E-state index in [0.29, 0.717) is 12.0 Å². The number of hydrogen-bond acceptors (Lipinski definition) is 5. The van der Waals surface area contributed by atoms with Gasteiger partial charge in [0, 0.05) is 38.8 Å². The van der Waals surface area contributed by atoms with E-state index in [9.17, 15) is 10.2 Å². The van der Waals surface area contributed by atoms with E-state index in [4.69, 9.17) is 5.26 Å². The van der Waals surface area contributed by atoms with Crippen molar-refractivity contribution >= 4 is 0 Å². The average molecular weight is 247 g/mol. The van der Waals surface area contributed by atoms with E-state index < -0.39 is 0 Å². The second-order valence-corrected chi connectivity index (χ2v) is 4.45. The smallest absolute Gasteiger partial charge is 0.137 e. The van der Waals surface area contributed by atoms with Crippen LogP contribution in [-0.4, -0.2) is 47.8 Å². The quantitative estimate of drug-likeness (QED) is 0.721. The molecule has 1 heterocycles. The van der Waals surface area contributed by atoms with E-state index in [1.54, 1.807) is 6.07 Å². The van der Waals surface area contributed by atoms with Crippen LogP contribution in [0, 0.1) is 11.3 Å². The van der Waals surface area contributed by atoms with Crippen molar-refractivity contribution in [3.8, 4) is 17.6 Å². The Hall–Kier alpha value is -1.77. The van der Waals surface area contributed by atoms with Crippen molar-refractivity contribution in [2.45, 2.75) is 6.42 Å². The summed E-state index contributed by atoms with van der Waals surface area (Å²) in [6, 6.07) is 4.72. The molecule has 96 valence electrons. The molecule has 0 atom stereocenters. The lowest BCUT2D eigenvalue weighted by atomic mass is 10.1. The Bertz CT molecular complexity index is 462. The minimum absolute atomic E-state index is 0.0571. The molecule has 0 bridgehead atoms. The molecule has 0 spiro atoms. The normalized spacial score (nSPS) is 16.4. The molecular weight excluding hydrogens is 230 g/mol. The number of phenols is 2. The van der Waals surface area contributed by atoms with Gasteiger partial charge in [0.05, 0.1) is 5.56 Å². The number of nitrogens with one attached hydrogen (secondary N) is 1. The molecule has 1 aromatic carbocycles. The van der Waals surface area contributed by atoms with Gasteiger partial charge in [-0.15, -0.1) is 0 Å². The second-order valence-electron chi connectivity index (χ2n) is 4.45. The molecule has 1 aromatic rings. The maximum atomic E-state index is 9.74. The first-order chi connectivity index (χ1) is 8.70. The van der Waals surface area contributed by atoms with Crippen molar-refractivity contribution in [1.29, 1.82) is 5.26 Å². The maximum absolute atomic E-state index is 9.74. The molecule has 0 aliphatic carbocycles. The summed E-state index contributed by atoms with van der Waals surface area (Å²) in [5, 5.41) is 31.3. The highest BCUT2D eigenvalue weighted by Gasteiger charge is 2.12. The Morgan fingerprint density at radius 2 is 1.94 bits per heavy atom. The Kier molecular flexibility index (Phi) is 4.03. The number of hydrogen-bond donors (Lipinski definition) is 3. The van der Waals surface area contributed by atoms with Crippen LogP contribution in [0.4, 0.5) is 0 Å². The lowest BCUT2D eigenvalue weighted by molar-refractivity contribution is 0.243. The molecule has 18 heavy (non-hydrogen) atoms. The fourth-order valence-corrected chi connectivity index (χ4v) is 2.13. The standard InChI is InChI=1S/C13H17N3O2/c14-9-11-7-10(12(17)8-13(11)18)1-4-16-5-2-15-3-6-16/h7-8,15,17-18H,1-6H2. The van der Waals surface area contributed by atoms with Crippen molar-refractivity contribution in [1.82, 2.24) is 10.2 Å². The molecule has 5 heteroatoms. The van der Waals surface area contributed by atoms with E-state index in [1.165, 1.54) is 6.07 Å². The summed E-state index contributed by atoms with van der Waals surface area (Å²) >= 11 is 0. The van der Waals surface area contributed by atoms with Gasteiger partial charge in [-0.3, -0.25) is 0 Å². The summed E-state index contributed by atoms with van der Waals surface area (Å²) in [6.07, 6.45) is 0.681. The van der Waals surface area contributed by atoms with Crippen LogP contribution >= 0.6 is 0 Å². The predicted octanol–water partition coefficient (Wildman–Crippen LogP) is 0.417. The zero-order valence-electron chi connectivity index (χ0n) is 10.2. The monoisotopic (exact) mass is 247 g/mol. The van der Waals surface area contributed by atoms with Crippen LogP contribution in [0.3, 0.4) is 0 Å². The minimum atomic E-state index is -0.166. The number of nitrogens with zero attached hydrogens (tertiary/aromatic N) is 2. The van der Waals surface area contributed by atoms with Gasteiger partial charge in [-0.05, 0) is 18.1 Å². The molecule has 1 aliphatic rings. The highest BCUT2D eigenvalue weighted by molar-refractivity contribution is 5.50. The third kappa shape index (κ3) is 2.92. The van der Waals surface area contributed by atoms with E-state index in [0.717, 1.165) is 32.7 Å². The van der Waals surface area contributed by atoms with Gasteiger partial charge in [0.25, 0.3) is 0 Å². The van der Waals surface area contributed by atoms with Crippen molar-refractivity contribution < 1.29 is 10.2 Å². The first kappa shape index (κ1) is 12.7. The SMILES string of the molecule is N#Cc1cc(CCN2CCNCC2)c(O)cc1O. The highest BCUT2D eigenvalue weighted by Crippen LogP contribution is 2.27. The van der Waals surface area contributed by atoms with Crippen LogP contribution in [0.15, 0.2) is 12.1 Å². The summed E-state index contributed by atoms with van der Waals surface area (Å²) in [5.41, 5.74) is 0.922. The van der Waals surface area contributed by atoms with Gasteiger partial charge >= 0.3 is 0 Å². The lowest BCUT2D eigenvalue weighted by Gasteiger charge is -2.27. The summed E-state index contributed by atoms with van der Waals surface area (Å²) < 4.78 is 0. The summed E-state index contributed by atoms with van der Waals surface area (Å²) in [7, 11) is 0. The third-order valence-corrected chi connectivity index (χ3v) is 3.22. The van der Waals surface area contributed by atoms with Gasteiger partial charge in [0.1, 0.15) is 17.6 Å². The number of benzene rings is 1. The Morgan fingerprint density at radius 1 is 1.22 bits per heavy atom. The van der Waals surface area contributed by atoms with Crippen molar-refractivity contribution in [3.63, 3.8) is 0 Å². The van der Waals surface area contributed by atoms with E-state index in [1.807, 2.05) is 6.07 Å². The Labute approximate surface area is 106 Å². The molecule has 0 amide bonds. The zero-order valence-corrected chi connectivity index (χ0v) is 10.2. The van der Waals surface area contributed by atoms with Crippen LogP contribution in [0.25, 0.3) is 0 Å². The van der Waals surface area contributed by atoms with Gasteiger partial charge in [-0.1, -0.05) is 0 Å². The average Bonchev–Trinajstić information content (AvgIpc) is 2.39. The van der Waals surface area contributed by atoms with Crippen molar-refractivity contribution in [3.05, 3.63) is 23.3 Å². The van der Waals surface area contributed by atoms with Crippen LogP contribution in [-0.2, 0) is 6.42 Å². The fourth-order valence-electron chi connectivity index (χ4n) is 2.13. The highest BCUT2D eigenvalue weighted by atomic mass is 16.3. The summed E-state index contributed by atoms with van der Waals surface area (Å²) in [4.78, 5) is 2.31. The number of rotatable bonds is 3. The molecule has 0 aromatic heterocycles. The predicted molar refractivity (Wildman–Crippen MR) is 67.5 cm³/mol. The number of nitriles is 1. The van der Waals surface area contributed by atoms with Gasteiger partial charge in [0.2, 0.25) is 0 Å². The van der Waals surface area contributed by atoms with Crippen LogP contribution < -0.4 is 5.32 Å². The van der Waals surface area contributed by atoms with Crippen molar-refractivity contribution in [2.75, 3.05) is 32.7 Å². The Morgan fingerprint density at radius 3 is 2.61 bits per heavy atom. The van der Waals surface area contributed by atoms with Crippen LogP contribution in [0.1, 0.15) is 11.1 Å². The second kappa shape index (κ2) is 5.71. The Balaban J connectivity index is 2.02. The molecule has 2 rings (SSSR count). The molecular formula is C13H17N3O2. The number of phenolic OH excluding ortho intramolecular Hbond substituents is 2. The largest absolute Gasteiger partial charge is 0.508 e. The summed E-state index contributed by atoms with van der Waals surface area (Å²) in [6.45, 7) is 4.84. The van der Waals surface area contributed by atoms with E-state index in [-0.39, 0.29) is 17.1 Å². The van der Waals surface area contributed by atoms with Gasteiger partial charge < -0.3 is 20.4 Å². The molecule has 1 saturated heterocycles.